The largest absolute Gasteiger partial charge is 0.463 e. The van der Waals surface area contributed by atoms with Crippen molar-refractivity contribution in [3.63, 3.8) is 0 Å². The van der Waals surface area contributed by atoms with Gasteiger partial charge in [0.25, 0.3) is 0 Å². The lowest BCUT2D eigenvalue weighted by molar-refractivity contribution is -0.146. The zero-order valence-electron chi connectivity index (χ0n) is 5.89. The van der Waals surface area contributed by atoms with E-state index in [-0.39, 0.29) is 12.1 Å². The number of carbonyl (C=O) groups excluding carboxylic acids is 1. The van der Waals surface area contributed by atoms with Gasteiger partial charge in [-0.2, -0.15) is 0 Å². The molecule has 0 aliphatic carbocycles. The molecule has 52 valence electrons. The van der Waals surface area contributed by atoms with Gasteiger partial charge in [-0.1, -0.05) is 6.08 Å². The first-order chi connectivity index (χ1) is 4.16. The monoisotopic (exact) mass is 128 g/mol. The van der Waals surface area contributed by atoms with Gasteiger partial charge in [0.2, 0.25) is 0 Å². The molecule has 0 amide bonds. The Kier molecular flexibility index (Phi) is 3.76. The third-order valence-electron chi connectivity index (χ3n) is 0.678. The molecule has 0 heterocycles. The van der Waals surface area contributed by atoms with E-state index in [0.29, 0.717) is 6.42 Å². The highest BCUT2D eigenvalue weighted by molar-refractivity contribution is 5.71. The van der Waals surface area contributed by atoms with Crippen LogP contribution in [0.2, 0.25) is 0 Å². The van der Waals surface area contributed by atoms with E-state index in [9.17, 15) is 4.79 Å². The molecule has 0 unspecified atom stereocenters. The molecule has 0 saturated heterocycles. The van der Waals surface area contributed by atoms with Crippen LogP contribution in [0, 0.1) is 0 Å². The van der Waals surface area contributed by atoms with Crippen LogP contribution in [0.1, 0.15) is 20.3 Å². The first-order valence-electron chi connectivity index (χ1n) is 2.97. The van der Waals surface area contributed by atoms with Gasteiger partial charge in [-0.05, 0) is 13.8 Å². The summed E-state index contributed by atoms with van der Waals surface area (Å²) < 4.78 is 4.78. The van der Waals surface area contributed by atoms with Crippen molar-refractivity contribution in [3.05, 3.63) is 12.7 Å². The van der Waals surface area contributed by atoms with Gasteiger partial charge in [-0.15, -0.1) is 6.58 Å². The highest BCUT2D eigenvalue weighted by Gasteiger charge is 2.00. The predicted octanol–water partition coefficient (Wildman–Crippen LogP) is 1.51. The summed E-state index contributed by atoms with van der Waals surface area (Å²) in [6.07, 6.45) is 1.82. The molecular formula is C7H12O2. The van der Waals surface area contributed by atoms with Crippen molar-refractivity contribution >= 4 is 5.97 Å². The molecule has 0 rings (SSSR count). The molecular weight excluding hydrogens is 116 g/mol. The van der Waals surface area contributed by atoms with Crippen LogP contribution in [0.5, 0.6) is 0 Å². The van der Waals surface area contributed by atoms with Crippen molar-refractivity contribution < 1.29 is 9.53 Å². The van der Waals surface area contributed by atoms with Gasteiger partial charge in [0.05, 0.1) is 12.5 Å². The van der Waals surface area contributed by atoms with Crippen LogP contribution in [0.4, 0.5) is 0 Å². The summed E-state index contributed by atoms with van der Waals surface area (Å²) in [6.45, 7) is 7.05. The van der Waals surface area contributed by atoms with Crippen LogP contribution in [0.15, 0.2) is 12.7 Å². The minimum absolute atomic E-state index is 0.0163. The van der Waals surface area contributed by atoms with Crippen molar-refractivity contribution in [2.24, 2.45) is 0 Å². The van der Waals surface area contributed by atoms with E-state index >= 15 is 0 Å². The third kappa shape index (κ3) is 5.07. The van der Waals surface area contributed by atoms with Crippen LogP contribution < -0.4 is 0 Å². The first-order valence-corrected chi connectivity index (χ1v) is 2.97. The number of ether oxygens (including phenoxy) is 1. The Hall–Kier alpha value is -0.790. The van der Waals surface area contributed by atoms with E-state index in [0.717, 1.165) is 0 Å². The van der Waals surface area contributed by atoms with Crippen LogP contribution in [-0.2, 0) is 9.53 Å². The van der Waals surface area contributed by atoms with E-state index in [1.54, 1.807) is 0 Å². The summed E-state index contributed by atoms with van der Waals surface area (Å²) in [6, 6.07) is 0. The summed E-state index contributed by atoms with van der Waals surface area (Å²) in [7, 11) is 0. The quantitative estimate of drug-likeness (QED) is 0.425. The molecule has 0 saturated carbocycles. The lowest BCUT2D eigenvalue weighted by Gasteiger charge is -2.04. The fourth-order valence-electron chi connectivity index (χ4n) is 0.429. The van der Waals surface area contributed by atoms with Gasteiger partial charge in [-0.25, -0.2) is 0 Å². The van der Waals surface area contributed by atoms with E-state index in [2.05, 4.69) is 6.58 Å². The Morgan fingerprint density at radius 1 is 1.78 bits per heavy atom. The predicted molar refractivity (Wildman–Crippen MR) is 36.0 cm³/mol. The average molecular weight is 128 g/mol. The maximum atomic E-state index is 10.6. The van der Waals surface area contributed by atoms with Crippen LogP contribution >= 0.6 is 0 Å². The van der Waals surface area contributed by atoms with E-state index in [1.807, 2.05) is 13.8 Å². The van der Waals surface area contributed by atoms with Crippen LogP contribution in [0.3, 0.4) is 0 Å². The molecule has 0 aliphatic rings. The second-order valence-corrected chi connectivity index (χ2v) is 2.03. The summed E-state index contributed by atoms with van der Waals surface area (Å²) in [5.74, 6) is -0.208. The molecule has 0 aliphatic heterocycles. The van der Waals surface area contributed by atoms with Crippen LogP contribution in [-0.4, -0.2) is 12.1 Å². The summed E-state index contributed by atoms with van der Waals surface area (Å²) in [5.41, 5.74) is 0. The van der Waals surface area contributed by atoms with Gasteiger partial charge in [0, 0.05) is 0 Å². The molecule has 0 atom stereocenters. The number of carbonyl (C=O) groups is 1. The second-order valence-electron chi connectivity index (χ2n) is 2.03. The highest BCUT2D eigenvalue weighted by atomic mass is 16.5. The maximum absolute atomic E-state index is 10.6. The van der Waals surface area contributed by atoms with Gasteiger partial charge >= 0.3 is 5.97 Å². The Morgan fingerprint density at radius 2 is 2.33 bits per heavy atom. The smallest absolute Gasteiger partial charge is 0.309 e. The molecule has 2 nitrogen and oxygen atoms in total. The zero-order chi connectivity index (χ0) is 7.28. The zero-order valence-corrected chi connectivity index (χ0v) is 5.89. The molecule has 0 fully saturated rings. The highest BCUT2D eigenvalue weighted by Crippen LogP contribution is 1.92. The fourth-order valence-corrected chi connectivity index (χ4v) is 0.429. The van der Waals surface area contributed by atoms with Gasteiger partial charge in [-0.3, -0.25) is 4.79 Å². The lowest BCUT2D eigenvalue weighted by atomic mass is 10.4. The number of hydrogen-bond acceptors (Lipinski definition) is 2. The summed E-state index contributed by atoms with van der Waals surface area (Å²) in [4.78, 5) is 10.6. The van der Waals surface area contributed by atoms with Crippen molar-refractivity contribution in [3.8, 4) is 0 Å². The van der Waals surface area contributed by atoms with Crippen LogP contribution in [0.25, 0.3) is 0 Å². The number of rotatable bonds is 3. The first kappa shape index (κ1) is 8.21. The Balaban J connectivity index is 3.38. The molecule has 0 radical (unpaired) electrons. The molecule has 0 bridgehead atoms. The number of esters is 1. The van der Waals surface area contributed by atoms with Crippen molar-refractivity contribution in [1.29, 1.82) is 0 Å². The Labute approximate surface area is 55.5 Å². The van der Waals surface area contributed by atoms with Gasteiger partial charge in [0.15, 0.2) is 0 Å². The molecule has 0 aromatic rings. The van der Waals surface area contributed by atoms with Crippen molar-refractivity contribution in [2.45, 2.75) is 26.4 Å². The van der Waals surface area contributed by atoms with E-state index < -0.39 is 0 Å². The lowest BCUT2D eigenvalue weighted by Crippen LogP contribution is -2.09. The maximum Gasteiger partial charge on any atom is 0.309 e. The standard InChI is InChI=1S/C7H12O2/c1-4-5-7(8)9-6(2)3/h4,6H,1,5H2,2-3H3. The molecule has 0 aromatic carbocycles. The normalized spacial score (nSPS) is 9.22. The van der Waals surface area contributed by atoms with Crippen molar-refractivity contribution in [2.75, 3.05) is 0 Å². The second kappa shape index (κ2) is 4.13. The molecule has 2 heteroatoms. The Morgan fingerprint density at radius 3 is 2.67 bits per heavy atom. The van der Waals surface area contributed by atoms with Gasteiger partial charge < -0.3 is 4.74 Å². The summed E-state index contributed by atoms with van der Waals surface area (Å²) in [5, 5.41) is 0. The van der Waals surface area contributed by atoms with Crippen molar-refractivity contribution in [1.82, 2.24) is 0 Å². The average Bonchev–Trinajstić information content (AvgIpc) is 1.63. The summed E-state index contributed by atoms with van der Waals surface area (Å²) >= 11 is 0. The minimum atomic E-state index is -0.208. The molecule has 0 spiro atoms. The molecule has 9 heavy (non-hydrogen) atoms. The van der Waals surface area contributed by atoms with E-state index in [4.69, 9.17) is 4.74 Å². The topological polar surface area (TPSA) is 26.3 Å². The van der Waals surface area contributed by atoms with E-state index in [1.165, 1.54) is 6.08 Å². The number of hydrogen-bond donors (Lipinski definition) is 0. The van der Waals surface area contributed by atoms with Gasteiger partial charge in [0.1, 0.15) is 0 Å². The molecule has 0 N–H and O–H groups in total. The molecule has 0 aromatic heterocycles. The third-order valence-corrected chi connectivity index (χ3v) is 0.678. The SMILES string of the molecule is C=CCC(=O)OC(C)C. The Bertz CT molecular complexity index is 105. The fraction of sp³-hybridized carbons (Fsp3) is 0.571. The minimum Gasteiger partial charge on any atom is -0.463 e.